The molecule has 2 amide bonds. The van der Waals surface area contributed by atoms with Crippen LogP contribution in [-0.4, -0.2) is 35.5 Å². The van der Waals surface area contributed by atoms with Crippen LogP contribution in [0.4, 0.5) is 0 Å². The van der Waals surface area contributed by atoms with E-state index < -0.39 is 0 Å². The summed E-state index contributed by atoms with van der Waals surface area (Å²) in [6.45, 7) is 6.05. The van der Waals surface area contributed by atoms with Crippen LogP contribution in [0.15, 0.2) is 30.0 Å². The summed E-state index contributed by atoms with van der Waals surface area (Å²) >= 11 is 0. The second-order valence-corrected chi connectivity index (χ2v) is 6.54. The summed E-state index contributed by atoms with van der Waals surface area (Å²) in [6.07, 6.45) is 2.31. The Hall–Kier alpha value is -2.63. The van der Waals surface area contributed by atoms with Gasteiger partial charge in [-0.25, -0.2) is 0 Å². The van der Waals surface area contributed by atoms with E-state index in [4.69, 9.17) is 11.1 Å². The van der Waals surface area contributed by atoms with Gasteiger partial charge in [-0.15, -0.1) is 0 Å². The molecule has 4 N–H and O–H groups in total. The highest BCUT2D eigenvalue weighted by molar-refractivity contribution is 6.21. The van der Waals surface area contributed by atoms with Crippen molar-refractivity contribution >= 4 is 23.6 Å². The Morgan fingerprint density at radius 2 is 2.00 bits per heavy atom. The van der Waals surface area contributed by atoms with Gasteiger partial charge in [-0.2, -0.15) is 0 Å². The molecule has 1 heterocycles. The maximum Gasteiger partial charge on any atom is 0.243 e. The average molecular weight is 342 g/mol. The van der Waals surface area contributed by atoms with Crippen LogP contribution in [-0.2, 0) is 9.59 Å². The molecule has 1 aromatic rings. The Morgan fingerprint density at radius 1 is 1.36 bits per heavy atom. The van der Waals surface area contributed by atoms with Crippen LogP contribution < -0.4 is 11.1 Å². The van der Waals surface area contributed by atoms with Gasteiger partial charge in [0.25, 0.3) is 0 Å². The molecule has 1 fully saturated rings. The Balaban J connectivity index is 2.09. The average Bonchev–Trinajstić information content (AvgIpc) is 3.03. The van der Waals surface area contributed by atoms with E-state index in [9.17, 15) is 9.59 Å². The lowest BCUT2D eigenvalue weighted by Gasteiger charge is -2.22. The van der Waals surface area contributed by atoms with Gasteiger partial charge in [0.15, 0.2) is 0 Å². The molecule has 2 rings (SSSR count). The number of carbonyl (C=O) groups excluding carboxylic acids is 2. The molecule has 25 heavy (non-hydrogen) atoms. The number of hydrogen-bond donors (Lipinski definition) is 3. The smallest absolute Gasteiger partial charge is 0.243 e. The van der Waals surface area contributed by atoms with Gasteiger partial charge >= 0.3 is 0 Å². The largest absolute Gasteiger partial charge is 0.402 e. The molecule has 0 spiro atoms. The second kappa shape index (κ2) is 7.96. The van der Waals surface area contributed by atoms with Gasteiger partial charge < -0.3 is 21.4 Å². The predicted molar refractivity (Wildman–Crippen MR) is 99.0 cm³/mol. The van der Waals surface area contributed by atoms with Gasteiger partial charge in [0.2, 0.25) is 12.3 Å². The van der Waals surface area contributed by atoms with Gasteiger partial charge in [0, 0.05) is 23.5 Å². The fourth-order valence-corrected chi connectivity index (χ4v) is 3.27. The molecule has 134 valence electrons. The van der Waals surface area contributed by atoms with Crippen LogP contribution in [0.5, 0.6) is 0 Å². The minimum Gasteiger partial charge on any atom is -0.402 e. The number of nitrogens with two attached hydrogens (primary N) is 1. The number of likely N-dealkylation sites (tertiary alicyclic amines) is 1. The van der Waals surface area contributed by atoms with Crippen molar-refractivity contribution in [2.45, 2.75) is 45.7 Å². The number of benzene rings is 1. The minimum atomic E-state index is -0.366. The molecule has 0 saturated carbocycles. The highest BCUT2D eigenvalue weighted by Crippen LogP contribution is 2.22. The van der Waals surface area contributed by atoms with Crippen LogP contribution >= 0.6 is 0 Å². The number of rotatable bonds is 6. The molecule has 0 radical (unpaired) electrons. The molecular formula is C19H26N4O2. The first-order valence-electron chi connectivity index (χ1n) is 8.48. The molecule has 2 unspecified atom stereocenters. The van der Waals surface area contributed by atoms with E-state index in [1.807, 2.05) is 31.2 Å². The topological polar surface area (TPSA) is 99.3 Å². The van der Waals surface area contributed by atoms with Gasteiger partial charge in [0.1, 0.15) is 6.04 Å². The summed E-state index contributed by atoms with van der Waals surface area (Å²) in [6, 6.07) is 7.15. The summed E-state index contributed by atoms with van der Waals surface area (Å²) < 4.78 is 0. The van der Waals surface area contributed by atoms with Crippen LogP contribution in [0.2, 0.25) is 0 Å². The molecular weight excluding hydrogens is 316 g/mol. The van der Waals surface area contributed by atoms with Crippen molar-refractivity contribution in [1.29, 1.82) is 5.41 Å². The normalized spacial score (nSPS) is 19.2. The summed E-state index contributed by atoms with van der Waals surface area (Å²) in [5, 5.41) is 10.8. The van der Waals surface area contributed by atoms with Crippen LogP contribution in [0.1, 0.15) is 50.8 Å². The second-order valence-electron chi connectivity index (χ2n) is 6.54. The Labute approximate surface area is 148 Å². The van der Waals surface area contributed by atoms with Gasteiger partial charge in [-0.1, -0.05) is 24.3 Å². The first-order chi connectivity index (χ1) is 11.8. The van der Waals surface area contributed by atoms with Crippen molar-refractivity contribution in [3.8, 4) is 0 Å². The van der Waals surface area contributed by atoms with Crippen molar-refractivity contribution in [3.63, 3.8) is 0 Å². The Bertz CT molecular complexity index is 690. The van der Waals surface area contributed by atoms with Crippen LogP contribution in [0.3, 0.4) is 0 Å². The van der Waals surface area contributed by atoms with Crippen molar-refractivity contribution in [3.05, 3.63) is 41.1 Å². The van der Waals surface area contributed by atoms with E-state index in [-0.39, 0.29) is 18.0 Å². The number of allylic oxidation sites excluding steroid dienone is 2. The molecule has 1 aliphatic heterocycles. The molecule has 1 saturated heterocycles. The number of amides is 2. The fraction of sp³-hybridized carbons (Fsp3) is 0.421. The molecule has 2 atom stereocenters. The first kappa shape index (κ1) is 18.7. The lowest BCUT2D eigenvalue weighted by atomic mass is 9.97. The number of nitrogens with one attached hydrogen (secondary N) is 2. The Kier molecular flexibility index (Phi) is 5.96. The molecule has 6 heteroatoms. The van der Waals surface area contributed by atoms with E-state index in [0.29, 0.717) is 24.4 Å². The lowest BCUT2D eigenvalue weighted by molar-refractivity contribution is -0.131. The highest BCUT2D eigenvalue weighted by atomic mass is 16.2. The molecule has 0 bridgehead atoms. The molecule has 0 aliphatic carbocycles. The molecule has 0 aromatic heterocycles. The van der Waals surface area contributed by atoms with Crippen molar-refractivity contribution < 1.29 is 9.59 Å². The summed E-state index contributed by atoms with van der Waals surface area (Å²) in [4.78, 5) is 24.9. The number of carbonyl (C=O) groups is 2. The molecule has 1 aromatic carbocycles. The monoisotopic (exact) mass is 342 g/mol. The van der Waals surface area contributed by atoms with Gasteiger partial charge in [-0.05, 0) is 44.7 Å². The maximum atomic E-state index is 12.4. The number of nitrogens with zero attached hydrogens (tertiary/aromatic N) is 1. The standard InChI is InChI=1S/C19H26N4O2/c1-12(20)18(13(2)21)16-8-6-15(7-9-16)14(3)22-19(25)17-5-4-10-23(17)11-24/h6-9,11,14,17,20H,4-5,10,21H2,1-3H3,(H,22,25)/b18-13+,20-12?. The molecule has 1 aliphatic rings. The zero-order chi connectivity index (χ0) is 18.6. The third kappa shape index (κ3) is 4.26. The van der Waals surface area contributed by atoms with E-state index >= 15 is 0 Å². The minimum absolute atomic E-state index is 0.116. The SMILES string of the molecule is CC(=N)/C(=C(/C)N)c1ccc(C(C)NC(=O)C2CCCN2C=O)cc1. The van der Waals surface area contributed by atoms with Crippen molar-refractivity contribution in [1.82, 2.24) is 10.2 Å². The van der Waals surface area contributed by atoms with E-state index in [1.54, 1.807) is 18.7 Å². The van der Waals surface area contributed by atoms with Crippen molar-refractivity contribution in [2.75, 3.05) is 6.54 Å². The van der Waals surface area contributed by atoms with Crippen LogP contribution in [0, 0.1) is 5.41 Å². The van der Waals surface area contributed by atoms with E-state index in [0.717, 1.165) is 29.5 Å². The maximum absolute atomic E-state index is 12.4. The zero-order valence-corrected chi connectivity index (χ0v) is 15.0. The zero-order valence-electron chi connectivity index (χ0n) is 15.0. The fourth-order valence-electron chi connectivity index (χ4n) is 3.27. The van der Waals surface area contributed by atoms with E-state index in [2.05, 4.69) is 5.32 Å². The van der Waals surface area contributed by atoms with Gasteiger partial charge in [-0.3, -0.25) is 9.59 Å². The summed E-state index contributed by atoms with van der Waals surface area (Å²) in [7, 11) is 0. The van der Waals surface area contributed by atoms with Crippen LogP contribution in [0.25, 0.3) is 5.57 Å². The third-order valence-electron chi connectivity index (χ3n) is 4.56. The molecule has 6 nitrogen and oxygen atoms in total. The van der Waals surface area contributed by atoms with Gasteiger partial charge in [0.05, 0.1) is 6.04 Å². The number of hydrogen-bond acceptors (Lipinski definition) is 4. The summed E-state index contributed by atoms with van der Waals surface area (Å²) in [5.41, 5.74) is 9.49. The van der Waals surface area contributed by atoms with E-state index in [1.165, 1.54) is 0 Å². The van der Waals surface area contributed by atoms with Crippen molar-refractivity contribution in [2.24, 2.45) is 5.73 Å². The Morgan fingerprint density at radius 3 is 2.52 bits per heavy atom. The lowest BCUT2D eigenvalue weighted by Crippen LogP contribution is -2.43. The highest BCUT2D eigenvalue weighted by Gasteiger charge is 2.30. The predicted octanol–water partition coefficient (Wildman–Crippen LogP) is 2.21. The first-order valence-corrected chi connectivity index (χ1v) is 8.48. The summed E-state index contributed by atoms with van der Waals surface area (Å²) in [5.74, 6) is -0.116. The quantitative estimate of drug-likeness (QED) is 0.546. The third-order valence-corrected chi connectivity index (χ3v) is 4.56.